The highest BCUT2D eigenvalue weighted by molar-refractivity contribution is 5.43. The van der Waals surface area contributed by atoms with Gasteiger partial charge in [-0.1, -0.05) is 5.92 Å². The number of nitrogens with one attached hydrogen (secondary N) is 1. The van der Waals surface area contributed by atoms with Crippen LogP contribution in [0.5, 0.6) is 0 Å². The lowest BCUT2D eigenvalue weighted by Crippen LogP contribution is -1.98. The number of hydrogen-bond acceptors (Lipinski definition) is 3. The lowest BCUT2D eigenvalue weighted by Gasteiger charge is -1.99. The Morgan fingerprint density at radius 3 is 2.92 bits per heavy atom. The van der Waals surface area contributed by atoms with Crippen molar-refractivity contribution in [2.75, 3.05) is 11.9 Å². The molecule has 1 heterocycles. The summed E-state index contributed by atoms with van der Waals surface area (Å²) in [6, 6.07) is 5.34. The van der Waals surface area contributed by atoms with E-state index in [0.717, 1.165) is 5.69 Å². The van der Waals surface area contributed by atoms with Crippen molar-refractivity contribution < 1.29 is 0 Å². The van der Waals surface area contributed by atoms with Crippen LogP contribution in [-0.4, -0.2) is 11.5 Å². The van der Waals surface area contributed by atoms with Crippen molar-refractivity contribution in [1.29, 1.82) is 5.26 Å². The second-order valence-electron chi connectivity index (χ2n) is 2.10. The first-order chi connectivity index (χ1) is 5.86. The standard InChI is InChI=1S/C9H7N3/c1-2-5-11-9-4-3-8(6-10)12-7-9/h1,3-4,7,11H,5H2. The van der Waals surface area contributed by atoms with Crippen molar-refractivity contribution in [3.63, 3.8) is 0 Å². The van der Waals surface area contributed by atoms with E-state index in [2.05, 4.69) is 16.2 Å². The first-order valence-electron chi connectivity index (χ1n) is 3.40. The van der Waals surface area contributed by atoms with Gasteiger partial charge in [0.25, 0.3) is 0 Å². The summed E-state index contributed by atoms with van der Waals surface area (Å²) < 4.78 is 0. The van der Waals surface area contributed by atoms with Crippen LogP contribution in [0.2, 0.25) is 0 Å². The Balaban J connectivity index is 2.68. The molecule has 0 atom stereocenters. The topological polar surface area (TPSA) is 48.7 Å². The van der Waals surface area contributed by atoms with E-state index >= 15 is 0 Å². The van der Waals surface area contributed by atoms with Gasteiger partial charge in [-0.05, 0) is 12.1 Å². The average molecular weight is 157 g/mol. The summed E-state index contributed by atoms with van der Waals surface area (Å²) in [5, 5.41) is 11.4. The largest absolute Gasteiger partial charge is 0.373 e. The Kier molecular flexibility index (Phi) is 2.70. The molecule has 0 radical (unpaired) electrons. The van der Waals surface area contributed by atoms with Gasteiger partial charge in [0.1, 0.15) is 11.8 Å². The van der Waals surface area contributed by atoms with Gasteiger partial charge < -0.3 is 5.32 Å². The third-order valence-electron chi connectivity index (χ3n) is 1.27. The zero-order valence-corrected chi connectivity index (χ0v) is 6.41. The van der Waals surface area contributed by atoms with Gasteiger partial charge in [-0.3, -0.25) is 0 Å². The van der Waals surface area contributed by atoms with Crippen LogP contribution in [0.3, 0.4) is 0 Å². The minimum atomic E-state index is 0.404. The number of hydrogen-bond donors (Lipinski definition) is 1. The number of terminal acetylenes is 1. The Hall–Kier alpha value is -2.00. The molecular weight excluding hydrogens is 150 g/mol. The quantitative estimate of drug-likeness (QED) is 0.651. The van der Waals surface area contributed by atoms with Crippen LogP contribution in [0, 0.1) is 23.7 Å². The van der Waals surface area contributed by atoms with E-state index in [1.165, 1.54) is 0 Å². The van der Waals surface area contributed by atoms with E-state index in [1.54, 1.807) is 18.3 Å². The van der Waals surface area contributed by atoms with Gasteiger partial charge in [0.05, 0.1) is 18.4 Å². The van der Waals surface area contributed by atoms with Gasteiger partial charge in [0.15, 0.2) is 0 Å². The molecule has 3 heteroatoms. The Labute approximate surface area is 71.1 Å². The maximum absolute atomic E-state index is 8.44. The minimum absolute atomic E-state index is 0.404. The molecule has 1 aromatic rings. The summed E-state index contributed by atoms with van der Waals surface area (Å²) in [7, 11) is 0. The van der Waals surface area contributed by atoms with Crippen molar-refractivity contribution in [2.24, 2.45) is 0 Å². The van der Waals surface area contributed by atoms with Crippen molar-refractivity contribution in [2.45, 2.75) is 0 Å². The molecule has 58 valence electrons. The van der Waals surface area contributed by atoms with Crippen LogP contribution < -0.4 is 5.32 Å². The minimum Gasteiger partial charge on any atom is -0.373 e. The first kappa shape index (κ1) is 8.10. The molecule has 0 saturated heterocycles. The molecule has 3 nitrogen and oxygen atoms in total. The molecule has 0 aliphatic heterocycles. The van der Waals surface area contributed by atoms with Crippen LogP contribution >= 0.6 is 0 Å². The molecule has 0 saturated carbocycles. The van der Waals surface area contributed by atoms with Crippen LogP contribution in [0.25, 0.3) is 0 Å². The third-order valence-corrected chi connectivity index (χ3v) is 1.27. The van der Waals surface area contributed by atoms with Crippen LogP contribution in [0.4, 0.5) is 5.69 Å². The Bertz CT molecular complexity index is 326. The third kappa shape index (κ3) is 2.00. The van der Waals surface area contributed by atoms with Crippen molar-refractivity contribution >= 4 is 5.69 Å². The summed E-state index contributed by atoms with van der Waals surface area (Å²) in [6.07, 6.45) is 6.63. The molecular formula is C9H7N3. The molecule has 0 aliphatic rings. The lowest BCUT2D eigenvalue weighted by atomic mass is 10.3. The average Bonchev–Trinajstić information content (AvgIpc) is 2.15. The lowest BCUT2D eigenvalue weighted by molar-refractivity contribution is 1.24. The van der Waals surface area contributed by atoms with Gasteiger partial charge in [-0.25, -0.2) is 4.98 Å². The number of aromatic nitrogens is 1. The predicted molar refractivity (Wildman–Crippen MR) is 46.3 cm³/mol. The van der Waals surface area contributed by atoms with Gasteiger partial charge >= 0.3 is 0 Å². The maximum Gasteiger partial charge on any atom is 0.140 e. The molecule has 0 fully saturated rings. The Morgan fingerprint density at radius 2 is 2.42 bits per heavy atom. The van der Waals surface area contributed by atoms with Crippen molar-refractivity contribution in [3.05, 3.63) is 24.0 Å². The summed E-state index contributed by atoms with van der Waals surface area (Å²) in [6.45, 7) is 0.466. The van der Waals surface area contributed by atoms with Crippen molar-refractivity contribution in [3.8, 4) is 18.4 Å². The SMILES string of the molecule is C#CCNc1ccc(C#N)nc1. The molecule has 1 rings (SSSR count). The highest BCUT2D eigenvalue weighted by Gasteiger charge is 1.91. The molecule has 0 spiro atoms. The van der Waals surface area contributed by atoms with E-state index in [0.29, 0.717) is 12.2 Å². The molecule has 12 heavy (non-hydrogen) atoms. The second-order valence-corrected chi connectivity index (χ2v) is 2.10. The fourth-order valence-electron chi connectivity index (χ4n) is 0.718. The molecule has 0 bridgehead atoms. The molecule has 0 aromatic carbocycles. The van der Waals surface area contributed by atoms with E-state index in [4.69, 9.17) is 11.7 Å². The van der Waals surface area contributed by atoms with Gasteiger partial charge in [-0.15, -0.1) is 6.42 Å². The molecule has 0 aliphatic carbocycles. The zero-order chi connectivity index (χ0) is 8.81. The van der Waals surface area contributed by atoms with Gasteiger partial charge in [0, 0.05) is 0 Å². The molecule has 0 unspecified atom stereocenters. The molecule has 0 amide bonds. The van der Waals surface area contributed by atoms with E-state index < -0.39 is 0 Å². The van der Waals surface area contributed by atoms with E-state index in [9.17, 15) is 0 Å². The van der Waals surface area contributed by atoms with Crippen molar-refractivity contribution in [1.82, 2.24) is 4.98 Å². The predicted octanol–water partition coefficient (Wildman–Crippen LogP) is 0.998. The summed E-state index contributed by atoms with van der Waals surface area (Å²) in [5.41, 5.74) is 1.23. The normalized spacial score (nSPS) is 8.17. The van der Waals surface area contributed by atoms with Crippen LogP contribution in [0.1, 0.15) is 5.69 Å². The number of nitriles is 1. The fraction of sp³-hybridized carbons (Fsp3) is 0.111. The fourth-order valence-corrected chi connectivity index (χ4v) is 0.718. The first-order valence-corrected chi connectivity index (χ1v) is 3.40. The molecule has 1 N–H and O–H groups in total. The highest BCUT2D eigenvalue weighted by atomic mass is 14.9. The number of rotatable bonds is 2. The van der Waals surface area contributed by atoms with Gasteiger partial charge in [0.2, 0.25) is 0 Å². The summed E-state index contributed by atoms with van der Waals surface area (Å²) >= 11 is 0. The zero-order valence-electron chi connectivity index (χ0n) is 6.41. The Morgan fingerprint density at radius 1 is 1.58 bits per heavy atom. The maximum atomic E-state index is 8.44. The van der Waals surface area contributed by atoms with Crippen LogP contribution in [0.15, 0.2) is 18.3 Å². The number of nitrogens with zero attached hydrogens (tertiary/aromatic N) is 2. The van der Waals surface area contributed by atoms with Crippen LogP contribution in [-0.2, 0) is 0 Å². The smallest absolute Gasteiger partial charge is 0.140 e. The second kappa shape index (κ2) is 4.00. The highest BCUT2D eigenvalue weighted by Crippen LogP contribution is 2.03. The molecule has 1 aromatic heterocycles. The number of pyridine rings is 1. The summed E-state index contributed by atoms with van der Waals surface area (Å²) in [4.78, 5) is 3.86. The number of anilines is 1. The summed E-state index contributed by atoms with van der Waals surface area (Å²) in [5.74, 6) is 2.44. The van der Waals surface area contributed by atoms with Gasteiger partial charge in [-0.2, -0.15) is 5.26 Å². The van der Waals surface area contributed by atoms with E-state index in [-0.39, 0.29) is 0 Å². The monoisotopic (exact) mass is 157 g/mol. The van der Waals surface area contributed by atoms with E-state index in [1.807, 2.05) is 6.07 Å².